The third-order valence-corrected chi connectivity index (χ3v) is 4.25. The number of nitrogens with zero attached hydrogens (tertiary/aromatic N) is 1. The summed E-state index contributed by atoms with van der Waals surface area (Å²) in [5, 5.41) is 0. The Morgan fingerprint density at radius 3 is 2.55 bits per heavy atom. The van der Waals surface area contributed by atoms with Crippen LogP contribution in [0.15, 0.2) is 22.7 Å². The van der Waals surface area contributed by atoms with E-state index in [0.29, 0.717) is 17.4 Å². The van der Waals surface area contributed by atoms with Crippen LogP contribution in [0.1, 0.15) is 37.6 Å². The van der Waals surface area contributed by atoms with E-state index in [2.05, 4.69) is 15.9 Å². The van der Waals surface area contributed by atoms with Crippen LogP contribution in [-0.4, -0.2) is 23.3 Å². The minimum Gasteiger partial charge on any atom is -0.278 e. The molecule has 0 aromatic heterocycles. The summed E-state index contributed by atoms with van der Waals surface area (Å²) in [6.45, 7) is 6.48. The summed E-state index contributed by atoms with van der Waals surface area (Å²) in [4.78, 5) is 25.5. The van der Waals surface area contributed by atoms with E-state index in [4.69, 9.17) is 0 Å². The fourth-order valence-corrected chi connectivity index (χ4v) is 2.63. The smallest absolute Gasteiger partial charge is 0.263 e. The second kappa shape index (κ2) is 5.28. The predicted molar refractivity (Wildman–Crippen MR) is 77.7 cm³/mol. The van der Waals surface area contributed by atoms with E-state index in [0.717, 1.165) is 0 Å². The topological polar surface area (TPSA) is 37.4 Å². The molecule has 1 aliphatic rings. The highest BCUT2D eigenvalue weighted by molar-refractivity contribution is 9.10. The van der Waals surface area contributed by atoms with Gasteiger partial charge in [-0.15, -0.1) is 0 Å². The summed E-state index contributed by atoms with van der Waals surface area (Å²) in [7, 11) is 0. The average molecular weight is 342 g/mol. The van der Waals surface area contributed by atoms with Crippen LogP contribution in [0.25, 0.3) is 0 Å². The summed E-state index contributed by atoms with van der Waals surface area (Å²) >= 11 is 3.14. The Morgan fingerprint density at radius 2 is 2.05 bits per heavy atom. The van der Waals surface area contributed by atoms with E-state index in [1.54, 1.807) is 6.07 Å². The van der Waals surface area contributed by atoms with Gasteiger partial charge in [0.1, 0.15) is 5.82 Å². The van der Waals surface area contributed by atoms with Gasteiger partial charge in [-0.25, -0.2) is 4.39 Å². The number of benzene rings is 1. The Labute approximate surface area is 126 Å². The predicted octanol–water partition coefficient (Wildman–Crippen LogP) is 3.62. The molecule has 1 saturated heterocycles. The molecule has 2 amide bonds. The van der Waals surface area contributed by atoms with E-state index < -0.39 is 11.7 Å². The minimum atomic E-state index is -0.614. The van der Waals surface area contributed by atoms with Gasteiger partial charge in [-0.2, -0.15) is 0 Å². The van der Waals surface area contributed by atoms with Gasteiger partial charge < -0.3 is 0 Å². The highest BCUT2D eigenvalue weighted by atomic mass is 79.9. The Balaban J connectivity index is 2.24. The Morgan fingerprint density at radius 1 is 1.40 bits per heavy atom. The summed E-state index contributed by atoms with van der Waals surface area (Å²) in [6.07, 6.45) is 0.341. The number of hydrogen-bond acceptors (Lipinski definition) is 2. The van der Waals surface area contributed by atoms with Gasteiger partial charge in [-0.3, -0.25) is 14.5 Å². The van der Waals surface area contributed by atoms with Crippen molar-refractivity contribution in [1.29, 1.82) is 0 Å². The van der Waals surface area contributed by atoms with Gasteiger partial charge in [0.15, 0.2) is 0 Å². The zero-order chi connectivity index (χ0) is 15.1. The van der Waals surface area contributed by atoms with Crippen molar-refractivity contribution in [3.63, 3.8) is 0 Å². The molecule has 0 saturated carbocycles. The molecule has 1 aromatic rings. The Kier molecular flexibility index (Phi) is 4.00. The Bertz CT molecular complexity index is 565. The average Bonchev–Trinajstić information content (AvgIpc) is 2.70. The number of carbonyl (C=O) groups excluding carboxylic acids is 2. The van der Waals surface area contributed by atoms with Crippen LogP contribution in [0.3, 0.4) is 0 Å². The van der Waals surface area contributed by atoms with Crippen molar-refractivity contribution in [3.05, 3.63) is 34.1 Å². The molecule has 0 N–H and O–H groups in total. The largest absolute Gasteiger partial charge is 0.278 e. The number of carbonyl (C=O) groups is 2. The lowest BCUT2D eigenvalue weighted by atomic mass is 9.80. The molecule has 3 nitrogen and oxygen atoms in total. The number of halogens is 2. The first-order chi connectivity index (χ1) is 9.20. The van der Waals surface area contributed by atoms with E-state index >= 15 is 0 Å². The SMILES string of the molecule is CC(C)(C)C1CC(=O)N(C(=O)c2ccc(Br)cc2F)C1. The molecule has 0 aliphatic carbocycles. The van der Waals surface area contributed by atoms with E-state index in [-0.39, 0.29) is 22.8 Å². The van der Waals surface area contributed by atoms with E-state index in [1.807, 2.05) is 20.8 Å². The molecule has 1 unspecified atom stereocenters. The molecule has 2 rings (SSSR count). The molecule has 0 radical (unpaired) electrons. The van der Waals surface area contributed by atoms with Crippen LogP contribution in [0.2, 0.25) is 0 Å². The van der Waals surface area contributed by atoms with Gasteiger partial charge in [-0.1, -0.05) is 36.7 Å². The first-order valence-electron chi connectivity index (χ1n) is 6.50. The molecule has 1 atom stereocenters. The molecule has 108 valence electrons. The van der Waals surface area contributed by atoms with Gasteiger partial charge in [0.25, 0.3) is 5.91 Å². The van der Waals surface area contributed by atoms with Crippen LogP contribution in [-0.2, 0) is 4.79 Å². The third kappa shape index (κ3) is 2.92. The normalized spacial score (nSPS) is 19.6. The minimum absolute atomic E-state index is 0.0526. The quantitative estimate of drug-likeness (QED) is 0.731. The van der Waals surface area contributed by atoms with Gasteiger partial charge in [0.05, 0.1) is 5.56 Å². The molecule has 1 aromatic carbocycles. The van der Waals surface area contributed by atoms with Gasteiger partial charge in [0, 0.05) is 17.4 Å². The molecular formula is C15H17BrFNO2. The number of imide groups is 1. The van der Waals surface area contributed by atoms with Crippen LogP contribution in [0.5, 0.6) is 0 Å². The number of hydrogen-bond donors (Lipinski definition) is 0. The summed E-state index contributed by atoms with van der Waals surface area (Å²) in [5.41, 5.74) is -0.112. The fraction of sp³-hybridized carbons (Fsp3) is 0.467. The van der Waals surface area contributed by atoms with Crippen molar-refractivity contribution in [2.24, 2.45) is 11.3 Å². The molecular weight excluding hydrogens is 325 g/mol. The highest BCUT2D eigenvalue weighted by Crippen LogP contribution is 2.35. The van der Waals surface area contributed by atoms with Crippen molar-refractivity contribution in [3.8, 4) is 0 Å². The van der Waals surface area contributed by atoms with Crippen molar-refractivity contribution in [2.75, 3.05) is 6.54 Å². The number of amides is 2. The number of likely N-dealkylation sites (tertiary alicyclic amines) is 1. The number of rotatable bonds is 1. The zero-order valence-electron chi connectivity index (χ0n) is 11.7. The molecule has 0 bridgehead atoms. The standard InChI is InChI=1S/C15H17BrFNO2/c1-15(2,3)9-6-13(19)18(8-9)14(20)11-5-4-10(16)7-12(11)17/h4-5,7,9H,6,8H2,1-3H3. The maximum atomic E-state index is 13.8. The highest BCUT2D eigenvalue weighted by Gasteiger charge is 2.40. The lowest BCUT2D eigenvalue weighted by Crippen LogP contribution is -2.34. The van der Waals surface area contributed by atoms with E-state index in [9.17, 15) is 14.0 Å². The van der Waals surface area contributed by atoms with Crippen molar-refractivity contribution in [1.82, 2.24) is 4.90 Å². The van der Waals surface area contributed by atoms with Gasteiger partial charge in [0.2, 0.25) is 5.91 Å². The molecule has 0 spiro atoms. The second-order valence-electron chi connectivity index (χ2n) is 6.20. The molecule has 20 heavy (non-hydrogen) atoms. The molecule has 1 aliphatic heterocycles. The van der Waals surface area contributed by atoms with Crippen LogP contribution in [0.4, 0.5) is 4.39 Å². The maximum absolute atomic E-state index is 13.8. The van der Waals surface area contributed by atoms with Gasteiger partial charge >= 0.3 is 0 Å². The monoisotopic (exact) mass is 341 g/mol. The summed E-state index contributed by atoms with van der Waals surface area (Å²) in [6, 6.07) is 4.23. The fourth-order valence-electron chi connectivity index (χ4n) is 2.29. The van der Waals surface area contributed by atoms with Crippen LogP contribution < -0.4 is 0 Å². The molecule has 5 heteroatoms. The molecule has 1 fully saturated rings. The zero-order valence-corrected chi connectivity index (χ0v) is 13.3. The second-order valence-corrected chi connectivity index (χ2v) is 7.12. The van der Waals surface area contributed by atoms with Crippen molar-refractivity contribution in [2.45, 2.75) is 27.2 Å². The van der Waals surface area contributed by atoms with E-state index in [1.165, 1.54) is 17.0 Å². The van der Waals surface area contributed by atoms with Crippen molar-refractivity contribution < 1.29 is 14.0 Å². The van der Waals surface area contributed by atoms with Crippen LogP contribution in [0, 0.1) is 17.2 Å². The summed E-state index contributed by atoms with van der Waals surface area (Å²) in [5.74, 6) is -1.28. The first-order valence-corrected chi connectivity index (χ1v) is 7.29. The molecule has 1 heterocycles. The summed E-state index contributed by atoms with van der Waals surface area (Å²) < 4.78 is 14.4. The lowest BCUT2D eigenvalue weighted by molar-refractivity contribution is -0.125. The van der Waals surface area contributed by atoms with Crippen LogP contribution >= 0.6 is 15.9 Å². The maximum Gasteiger partial charge on any atom is 0.263 e. The first kappa shape index (κ1) is 15.2. The third-order valence-electron chi connectivity index (χ3n) is 3.76. The Hall–Kier alpha value is -1.23. The lowest BCUT2D eigenvalue weighted by Gasteiger charge is -2.26. The van der Waals surface area contributed by atoms with Gasteiger partial charge in [-0.05, 0) is 29.5 Å². The van der Waals surface area contributed by atoms with Crippen molar-refractivity contribution >= 4 is 27.7 Å².